The second-order valence-electron chi connectivity index (χ2n) is 4.64. The van der Waals surface area contributed by atoms with Crippen LogP contribution in [0.25, 0.3) is 0 Å². The van der Waals surface area contributed by atoms with E-state index in [1.807, 2.05) is 31.3 Å². The van der Waals surface area contributed by atoms with E-state index in [2.05, 4.69) is 6.92 Å². The number of benzene rings is 1. The van der Waals surface area contributed by atoms with Crippen LogP contribution in [0.15, 0.2) is 24.3 Å². The minimum atomic E-state index is 0.106. The van der Waals surface area contributed by atoms with Gasteiger partial charge in [-0.3, -0.25) is 4.79 Å². The van der Waals surface area contributed by atoms with Gasteiger partial charge in [0.25, 0.3) is 0 Å². The Morgan fingerprint density at radius 1 is 1.32 bits per heavy atom. The van der Waals surface area contributed by atoms with Crippen molar-refractivity contribution >= 4 is 5.91 Å². The van der Waals surface area contributed by atoms with Crippen molar-refractivity contribution in [3.05, 3.63) is 35.4 Å². The molecule has 106 valence electrons. The predicted octanol–water partition coefficient (Wildman–Crippen LogP) is 1.92. The lowest BCUT2D eigenvalue weighted by atomic mass is 10.1. The maximum atomic E-state index is 11.9. The Kier molecular flexibility index (Phi) is 7.15. The van der Waals surface area contributed by atoms with Gasteiger partial charge in [0.05, 0.1) is 13.0 Å². The smallest absolute Gasteiger partial charge is 0.224 e. The van der Waals surface area contributed by atoms with Crippen LogP contribution in [0.2, 0.25) is 0 Å². The molecule has 4 heteroatoms. The maximum Gasteiger partial charge on any atom is 0.224 e. The Hall–Kier alpha value is -1.39. The van der Waals surface area contributed by atoms with E-state index in [1.54, 1.807) is 4.90 Å². The van der Waals surface area contributed by atoms with Crippen molar-refractivity contribution in [2.75, 3.05) is 20.3 Å². The molecule has 0 atom stereocenters. The van der Waals surface area contributed by atoms with Gasteiger partial charge >= 0.3 is 0 Å². The van der Waals surface area contributed by atoms with Crippen LogP contribution in [0.1, 0.15) is 30.9 Å². The van der Waals surface area contributed by atoms with E-state index >= 15 is 0 Å². The first-order valence-electron chi connectivity index (χ1n) is 6.77. The average Bonchev–Trinajstić information content (AvgIpc) is 2.43. The van der Waals surface area contributed by atoms with E-state index in [0.717, 1.165) is 24.2 Å². The van der Waals surface area contributed by atoms with E-state index < -0.39 is 0 Å². The van der Waals surface area contributed by atoms with E-state index in [4.69, 9.17) is 10.5 Å². The van der Waals surface area contributed by atoms with E-state index in [9.17, 15) is 4.79 Å². The van der Waals surface area contributed by atoms with Crippen molar-refractivity contribution < 1.29 is 9.53 Å². The normalized spacial score (nSPS) is 10.5. The highest BCUT2D eigenvalue weighted by Crippen LogP contribution is 2.08. The predicted molar refractivity (Wildman–Crippen MR) is 76.5 cm³/mol. The Labute approximate surface area is 115 Å². The molecule has 0 fully saturated rings. The molecule has 1 aromatic rings. The van der Waals surface area contributed by atoms with Gasteiger partial charge in [-0.15, -0.1) is 0 Å². The number of ether oxygens (including phenoxy) is 1. The molecule has 0 unspecified atom stereocenters. The lowest BCUT2D eigenvalue weighted by Crippen LogP contribution is -2.27. The third-order valence-corrected chi connectivity index (χ3v) is 2.88. The summed E-state index contributed by atoms with van der Waals surface area (Å²) in [6, 6.07) is 8.01. The monoisotopic (exact) mass is 264 g/mol. The Morgan fingerprint density at radius 3 is 2.74 bits per heavy atom. The van der Waals surface area contributed by atoms with Gasteiger partial charge in [-0.1, -0.05) is 31.2 Å². The molecule has 0 aromatic heterocycles. The van der Waals surface area contributed by atoms with Crippen LogP contribution in [-0.4, -0.2) is 31.1 Å². The quantitative estimate of drug-likeness (QED) is 0.730. The molecular formula is C15H24N2O2. The summed E-state index contributed by atoms with van der Waals surface area (Å²) in [6.07, 6.45) is 1.42. The van der Waals surface area contributed by atoms with Gasteiger partial charge in [0, 0.05) is 26.7 Å². The highest BCUT2D eigenvalue weighted by molar-refractivity contribution is 5.75. The molecule has 0 bridgehead atoms. The fraction of sp³-hybridized carbons (Fsp3) is 0.533. The number of hydrogen-bond donors (Lipinski definition) is 1. The minimum Gasteiger partial charge on any atom is -0.381 e. The van der Waals surface area contributed by atoms with Crippen LogP contribution < -0.4 is 5.73 Å². The fourth-order valence-corrected chi connectivity index (χ4v) is 1.81. The average molecular weight is 264 g/mol. The Balaban J connectivity index is 2.40. The highest BCUT2D eigenvalue weighted by atomic mass is 16.5. The molecule has 2 N–H and O–H groups in total. The third-order valence-electron chi connectivity index (χ3n) is 2.88. The van der Waals surface area contributed by atoms with Crippen LogP contribution in [0.4, 0.5) is 0 Å². The second kappa shape index (κ2) is 8.67. The second-order valence-corrected chi connectivity index (χ2v) is 4.64. The number of hydrogen-bond acceptors (Lipinski definition) is 3. The van der Waals surface area contributed by atoms with Gasteiger partial charge in [-0.25, -0.2) is 0 Å². The number of rotatable bonds is 8. The molecule has 0 saturated carbocycles. The van der Waals surface area contributed by atoms with Crippen molar-refractivity contribution in [1.82, 2.24) is 4.90 Å². The summed E-state index contributed by atoms with van der Waals surface area (Å²) in [7, 11) is 1.82. The molecule has 0 spiro atoms. The van der Waals surface area contributed by atoms with Gasteiger partial charge in [0.2, 0.25) is 5.91 Å². The standard InChI is InChI=1S/C15H24N2O2/c1-3-8-19-9-7-15(18)17(2)12-14-6-4-5-13(10-14)11-16/h4-6,10H,3,7-9,11-12,16H2,1-2H3. The molecule has 1 aromatic carbocycles. The van der Waals surface area contributed by atoms with Gasteiger partial charge in [0.15, 0.2) is 0 Å². The van der Waals surface area contributed by atoms with Crippen molar-refractivity contribution in [2.45, 2.75) is 32.9 Å². The zero-order valence-corrected chi connectivity index (χ0v) is 11.9. The number of nitrogens with zero attached hydrogens (tertiary/aromatic N) is 1. The Bertz CT molecular complexity index is 393. The summed E-state index contributed by atoms with van der Waals surface area (Å²) in [5.41, 5.74) is 7.80. The molecule has 0 heterocycles. The number of carbonyl (C=O) groups is 1. The van der Waals surface area contributed by atoms with Crippen molar-refractivity contribution in [3.63, 3.8) is 0 Å². The molecule has 4 nitrogen and oxygen atoms in total. The van der Waals surface area contributed by atoms with Crippen molar-refractivity contribution in [2.24, 2.45) is 5.73 Å². The van der Waals surface area contributed by atoms with E-state index in [-0.39, 0.29) is 5.91 Å². The van der Waals surface area contributed by atoms with Gasteiger partial charge < -0.3 is 15.4 Å². The molecule has 1 amide bonds. The SMILES string of the molecule is CCCOCCC(=O)N(C)Cc1cccc(CN)c1. The number of carbonyl (C=O) groups excluding carboxylic acids is 1. The molecular weight excluding hydrogens is 240 g/mol. The molecule has 0 saturated heterocycles. The van der Waals surface area contributed by atoms with Crippen LogP contribution in [0.5, 0.6) is 0 Å². The molecule has 1 rings (SSSR count). The van der Waals surface area contributed by atoms with E-state index in [0.29, 0.717) is 26.1 Å². The highest BCUT2D eigenvalue weighted by Gasteiger charge is 2.09. The largest absolute Gasteiger partial charge is 0.381 e. The fourth-order valence-electron chi connectivity index (χ4n) is 1.81. The zero-order chi connectivity index (χ0) is 14.1. The summed E-state index contributed by atoms with van der Waals surface area (Å²) in [5.74, 6) is 0.106. The zero-order valence-electron chi connectivity index (χ0n) is 11.9. The first-order chi connectivity index (χ1) is 9.17. The van der Waals surface area contributed by atoms with Crippen LogP contribution in [0, 0.1) is 0 Å². The molecule has 0 aliphatic carbocycles. The summed E-state index contributed by atoms with van der Waals surface area (Å²) >= 11 is 0. The van der Waals surface area contributed by atoms with Gasteiger partial charge in [-0.05, 0) is 17.5 Å². The van der Waals surface area contributed by atoms with Crippen molar-refractivity contribution in [3.8, 4) is 0 Å². The van der Waals surface area contributed by atoms with Crippen LogP contribution in [-0.2, 0) is 22.6 Å². The first kappa shape index (κ1) is 15.7. The lowest BCUT2D eigenvalue weighted by molar-refractivity contribution is -0.131. The van der Waals surface area contributed by atoms with Crippen molar-refractivity contribution in [1.29, 1.82) is 0 Å². The topological polar surface area (TPSA) is 55.6 Å². The molecule has 0 radical (unpaired) electrons. The molecule has 19 heavy (non-hydrogen) atoms. The summed E-state index contributed by atoms with van der Waals surface area (Å²) in [5, 5.41) is 0. The third kappa shape index (κ3) is 5.85. The van der Waals surface area contributed by atoms with Crippen LogP contribution in [0.3, 0.4) is 0 Å². The Morgan fingerprint density at radius 2 is 2.05 bits per heavy atom. The number of nitrogens with two attached hydrogens (primary N) is 1. The molecule has 0 aliphatic rings. The minimum absolute atomic E-state index is 0.106. The van der Waals surface area contributed by atoms with Gasteiger partial charge in [-0.2, -0.15) is 0 Å². The van der Waals surface area contributed by atoms with E-state index in [1.165, 1.54) is 0 Å². The lowest BCUT2D eigenvalue weighted by Gasteiger charge is -2.17. The number of amides is 1. The van der Waals surface area contributed by atoms with Crippen LogP contribution >= 0.6 is 0 Å². The van der Waals surface area contributed by atoms with Gasteiger partial charge in [0.1, 0.15) is 0 Å². The maximum absolute atomic E-state index is 11.9. The molecule has 0 aliphatic heterocycles. The summed E-state index contributed by atoms with van der Waals surface area (Å²) < 4.78 is 5.33. The summed E-state index contributed by atoms with van der Waals surface area (Å²) in [6.45, 7) is 4.41. The summed E-state index contributed by atoms with van der Waals surface area (Å²) in [4.78, 5) is 13.6. The first-order valence-corrected chi connectivity index (χ1v) is 6.77.